The van der Waals surface area contributed by atoms with Gasteiger partial charge in [-0.2, -0.15) is 4.57 Å². The maximum atomic E-state index is 2.49. The second-order valence-electron chi connectivity index (χ2n) is 7.31. The highest BCUT2D eigenvalue weighted by Gasteiger charge is 2.30. The molecule has 4 rings (SSSR count). The highest BCUT2D eigenvalue weighted by Crippen LogP contribution is 2.36. The Labute approximate surface area is 140 Å². The maximum absolute atomic E-state index is 2.49. The largest absolute Gasteiger partial charge is 0.213 e. The van der Waals surface area contributed by atoms with Crippen LogP contribution in [0.25, 0.3) is 11.3 Å². The molecule has 1 aliphatic carbocycles. The number of hydrogen-bond donors (Lipinski definition) is 0. The van der Waals surface area contributed by atoms with E-state index >= 15 is 0 Å². The van der Waals surface area contributed by atoms with Crippen molar-refractivity contribution < 1.29 is 4.57 Å². The van der Waals surface area contributed by atoms with Crippen LogP contribution < -0.4 is 4.57 Å². The molecule has 1 aromatic heterocycles. The molecule has 120 valence electrons. The van der Waals surface area contributed by atoms with Gasteiger partial charge in [0.2, 0.25) is 5.69 Å². The maximum Gasteiger partial charge on any atom is 0.213 e. The van der Waals surface area contributed by atoms with Gasteiger partial charge >= 0.3 is 0 Å². The molecule has 23 heavy (non-hydrogen) atoms. The molecule has 0 fully saturated rings. The normalized spacial score (nSPS) is 15.2. The molecule has 0 radical (unpaired) electrons. The lowest BCUT2D eigenvalue weighted by Crippen LogP contribution is -2.32. The summed E-state index contributed by atoms with van der Waals surface area (Å²) in [6, 6.07) is 9.53. The summed E-state index contributed by atoms with van der Waals surface area (Å²) in [6.45, 7) is 3.35. The topological polar surface area (TPSA) is 3.88 Å². The molecule has 0 atom stereocenters. The Balaban J connectivity index is 1.61. The number of aromatic nitrogens is 1. The fourth-order valence-corrected chi connectivity index (χ4v) is 4.37. The zero-order chi connectivity index (χ0) is 15.6. The van der Waals surface area contributed by atoms with Crippen molar-refractivity contribution in [2.45, 2.75) is 71.3 Å². The number of nitrogens with zero attached hydrogens (tertiary/aromatic N) is 1. The lowest BCUT2D eigenvalue weighted by Gasteiger charge is -2.17. The molecular formula is C22H28N+. The zero-order valence-electron chi connectivity index (χ0n) is 14.4. The molecule has 0 bridgehead atoms. The average molecular weight is 306 g/mol. The van der Waals surface area contributed by atoms with Gasteiger partial charge in [-0.1, -0.05) is 38.3 Å². The molecule has 2 aliphatic rings. The summed E-state index contributed by atoms with van der Waals surface area (Å²) in [5.41, 5.74) is 9.32. The van der Waals surface area contributed by atoms with E-state index in [1.807, 2.05) is 0 Å². The first kappa shape index (κ1) is 14.9. The van der Waals surface area contributed by atoms with Crippen LogP contribution in [-0.2, 0) is 25.8 Å². The van der Waals surface area contributed by atoms with Gasteiger partial charge in [0, 0.05) is 17.2 Å². The number of aryl methyl sites for hydroxylation is 2. The summed E-state index contributed by atoms with van der Waals surface area (Å²) in [5, 5.41) is 0. The number of hydrogen-bond acceptors (Lipinski definition) is 0. The smallest absolute Gasteiger partial charge is 0.194 e. The summed E-state index contributed by atoms with van der Waals surface area (Å²) >= 11 is 0. The number of pyridine rings is 1. The summed E-state index contributed by atoms with van der Waals surface area (Å²) in [5.74, 6) is 0. The summed E-state index contributed by atoms with van der Waals surface area (Å²) in [6.07, 6.45) is 14.3. The van der Waals surface area contributed by atoms with Gasteiger partial charge in [-0.3, -0.25) is 0 Å². The molecule has 0 saturated carbocycles. The third-order valence-corrected chi connectivity index (χ3v) is 5.62. The lowest BCUT2D eigenvalue weighted by molar-refractivity contribution is -0.672. The minimum atomic E-state index is 1.07. The monoisotopic (exact) mass is 306 g/mol. The van der Waals surface area contributed by atoms with Crippen molar-refractivity contribution >= 4 is 0 Å². The van der Waals surface area contributed by atoms with E-state index in [1.54, 1.807) is 16.7 Å². The predicted octanol–water partition coefficient (Wildman–Crippen LogP) is 5.00. The van der Waals surface area contributed by atoms with Crippen LogP contribution in [0.2, 0.25) is 0 Å². The number of benzene rings is 1. The molecule has 2 aromatic rings. The third kappa shape index (κ3) is 2.82. The van der Waals surface area contributed by atoms with E-state index in [9.17, 15) is 0 Å². The molecular weight excluding hydrogens is 278 g/mol. The minimum Gasteiger partial charge on any atom is -0.194 e. The van der Waals surface area contributed by atoms with Crippen LogP contribution in [0.5, 0.6) is 0 Å². The van der Waals surface area contributed by atoms with Gasteiger partial charge in [0.15, 0.2) is 12.7 Å². The summed E-state index contributed by atoms with van der Waals surface area (Å²) in [4.78, 5) is 0. The van der Waals surface area contributed by atoms with E-state index < -0.39 is 0 Å². The molecule has 0 N–H and O–H groups in total. The molecule has 0 spiro atoms. The van der Waals surface area contributed by atoms with Gasteiger partial charge in [0.1, 0.15) is 0 Å². The second kappa shape index (κ2) is 6.47. The SMILES string of the molecule is CCCCCCc1ccc2[n+](c1)Cc1ccc3c(c1-2)CCCC3. The van der Waals surface area contributed by atoms with Gasteiger partial charge in [0.05, 0.1) is 5.56 Å². The first-order valence-electron chi connectivity index (χ1n) is 9.53. The van der Waals surface area contributed by atoms with E-state index in [4.69, 9.17) is 0 Å². The Kier molecular flexibility index (Phi) is 4.20. The Hall–Kier alpha value is -1.63. The van der Waals surface area contributed by atoms with Crippen molar-refractivity contribution in [3.63, 3.8) is 0 Å². The number of unbranched alkanes of at least 4 members (excludes halogenated alkanes) is 3. The lowest BCUT2D eigenvalue weighted by atomic mass is 9.86. The highest BCUT2D eigenvalue weighted by molar-refractivity contribution is 5.69. The van der Waals surface area contributed by atoms with Crippen molar-refractivity contribution in [2.75, 3.05) is 0 Å². The van der Waals surface area contributed by atoms with Crippen LogP contribution in [0.4, 0.5) is 0 Å². The predicted molar refractivity (Wildman–Crippen MR) is 95.7 cm³/mol. The van der Waals surface area contributed by atoms with E-state index in [0.717, 1.165) is 6.54 Å². The van der Waals surface area contributed by atoms with Crippen LogP contribution in [0.1, 0.15) is 67.7 Å². The van der Waals surface area contributed by atoms with Gasteiger partial charge in [0.25, 0.3) is 0 Å². The number of rotatable bonds is 5. The zero-order valence-corrected chi connectivity index (χ0v) is 14.4. The Morgan fingerprint density at radius 3 is 2.70 bits per heavy atom. The summed E-state index contributed by atoms with van der Waals surface area (Å²) in [7, 11) is 0. The van der Waals surface area contributed by atoms with Gasteiger partial charge in [-0.15, -0.1) is 0 Å². The second-order valence-corrected chi connectivity index (χ2v) is 7.31. The fraction of sp³-hybridized carbons (Fsp3) is 0.500. The van der Waals surface area contributed by atoms with Crippen molar-refractivity contribution in [3.05, 3.63) is 52.7 Å². The van der Waals surface area contributed by atoms with E-state index in [2.05, 4.69) is 42.0 Å². The van der Waals surface area contributed by atoms with E-state index in [0.29, 0.717) is 0 Å². The fourth-order valence-electron chi connectivity index (χ4n) is 4.37. The highest BCUT2D eigenvalue weighted by atomic mass is 15.0. The number of fused-ring (bicyclic) bond motifs is 5. The van der Waals surface area contributed by atoms with Crippen LogP contribution in [0.3, 0.4) is 0 Å². The van der Waals surface area contributed by atoms with Crippen LogP contribution in [-0.4, -0.2) is 0 Å². The molecule has 0 unspecified atom stereocenters. The molecule has 1 aliphatic heterocycles. The van der Waals surface area contributed by atoms with Gasteiger partial charge < -0.3 is 0 Å². The molecule has 0 amide bonds. The molecule has 0 saturated heterocycles. The Morgan fingerprint density at radius 2 is 1.78 bits per heavy atom. The van der Waals surface area contributed by atoms with Crippen LogP contribution in [0.15, 0.2) is 30.5 Å². The molecule has 1 aromatic carbocycles. The van der Waals surface area contributed by atoms with Crippen LogP contribution >= 0.6 is 0 Å². The van der Waals surface area contributed by atoms with E-state index in [1.165, 1.54) is 74.6 Å². The van der Waals surface area contributed by atoms with Gasteiger partial charge in [-0.05, 0) is 55.7 Å². The van der Waals surface area contributed by atoms with Gasteiger partial charge in [-0.25, -0.2) is 0 Å². The van der Waals surface area contributed by atoms with Crippen molar-refractivity contribution in [1.29, 1.82) is 0 Å². The molecule has 1 heteroatoms. The Morgan fingerprint density at radius 1 is 0.913 bits per heavy atom. The summed E-state index contributed by atoms with van der Waals surface area (Å²) < 4.78 is 2.49. The van der Waals surface area contributed by atoms with E-state index in [-0.39, 0.29) is 0 Å². The van der Waals surface area contributed by atoms with Crippen molar-refractivity contribution in [1.82, 2.24) is 0 Å². The average Bonchev–Trinajstić information content (AvgIpc) is 2.97. The first-order valence-corrected chi connectivity index (χ1v) is 9.53. The molecule has 1 nitrogen and oxygen atoms in total. The third-order valence-electron chi connectivity index (χ3n) is 5.62. The minimum absolute atomic E-state index is 1.07. The van der Waals surface area contributed by atoms with Crippen LogP contribution in [0, 0.1) is 0 Å². The first-order chi connectivity index (χ1) is 11.4. The quantitative estimate of drug-likeness (QED) is 0.461. The standard InChI is InChI=1S/C22H28N/c1-2-3-4-5-8-17-11-14-21-22-19(16-23(21)15-17)13-12-18-9-6-7-10-20(18)22/h11-15H,2-10,16H2,1H3/q+1. The van der Waals surface area contributed by atoms with Crippen molar-refractivity contribution in [2.24, 2.45) is 0 Å². The Bertz CT molecular complexity index is 714. The molecule has 2 heterocycles. The van der Waals surface area contributed by atoms with Crippen molar-refractivity contribution in [3.8, 4) is 11.3 Å².